The molecule has 29 heavy (non-hydrogen) atoms. The Morgan fingerprint density at radius 2 is 2.07 bits per heavy atom. The van der Waals surface area contributed by atoms with Crippen molar-refractivity contribution in [2.75, 3.05) is 4.90 Å². The van der Waals surface area contributed by atoms with Crippen LogP contribution in [0.15, 0.2) is 43.1 Å². The summed E-state index contributed by atoms with van der Waals surface area (Å²) in [5, 5.41) is 8.07. The van der Waals surface area contributed by atoms with Gasteiger partial charge in [0.05, 0.1) is 24.1 Å². The van der Waals surface area contributed by atoms with Crippen LogP contribution >= 0.6 is 0 Å². The van der Waals surface area contributed by atoms with E-state index < -0.39 is 23.3 Å². The first-order valence-electron chi connectivity index (χ1n) is 9.31. The third-order valence-electron chi connectivity index (χ3n) is 5.96. The summed E-state index contributed by atoms with van der Waals surface area (Å²) in [4.78, 5) is 26.4. The van der Waals surface area contributed by atoms with Crippen LogP contribution in [-0.2, 0) is 10.3 Å². The van der Waals surface area contributed by atoms with Gasteiger partial charge in [0.25, 0.3) is 0 Å². The molecule has 0 bridgehead atoms. The zero-order valence-electron chi connectivity index (χ0n) is 15.7. The van der Waals surface area contributed by atoms with E-state index in [2.05, 4.69) is 25.1 Å². The van der Waals surface area contributed by atoms with Gasteiger partial charge in [-0.3, -0.25) is 4.79 Å². The fourth-order valence-electron chi connectivity index (χ4n) is 4.58. The number of benzene rings is 1. The molecule has 3 unspecified atom stereocenters. The Morgan fingerprint density at radius 1 is 1.28 bits per heavy atom. The van der Waals surface area contributed by atoms with Gasteiger partial charge < -0.3 is 10.6 Å². The van der Waals surface area contributed by atoms with E-state index in [0.717, 1.165) is 35.5 Å². The normalized spacial score (nSPS) is 25.0. The van der Waals surface area contributed by atoms with Crippen molar-refractivity contribution in [3.05, 3.63) is 60.1 Å². The lowest BCUT2D eigenvalue weighted by atomic mass is 9.96. The first kappa shape index (κ1) is 17.6. The van der Waals surface area contributed by atoms with Crippen molar-refractivity contribution in [3.8, 4) is 11.4 Å². The zero-order valence-corrected chi connectivity index (χ0v) is 15.7. The number of aryl methyl sites for hydroxylation is 1. The highest BCUT2D eigenvalue weighted by molar-refractivity contribution is 5.86. The number of piperidine rings is 1. The molecule has 3 heterocycles. The first-order valence-corrected chi connectivity index (χ1v) is 9.31. The molecular weight excluding hydrogens is 373 g/mol. The molecule has 1 saturated carbocycles. The number of amides is 1. The number of aromatic nitrogens is 5. The molecule has 2 aliphatic rings. The summed E-state index contributed by atoms with van der Waals surface area (Å²) in [6, 6.07) is 5.58. The largest absolute Gasteiger partial charge is 0.368 e. The maximum atomic E-state index is 13.3. The molecule has 2 fully saturated rings. The number of halogens is 1. The van der Waals surface area contributed by atoms with Crippen LogP contribution in [0, 0.1) is 18.7 Å². The molecule has 3 atom stereocenters. The number of nitrogens with two attached hydrogens (primary N) is 1. The van der Waals surface area contributed by atoms with E-state index in [1.54, 1.807) is 6.20 Å². The molecule has 1 aliphatic heterocycles. The first-order chi connectivity index (χ1) is 14.0. The number of carbonyl (C=O) groups is 1. The zero-order chi connectivity index (χ0) is 20.2. The average Bonchev–Trinajstić information content (AvgIpc) is 3.34. The van der Waals surface area contributed by atoms with Crippen LogP contribution in [0.2, 0.25) is 0 Å². The molecule has 5 rings (SSSR count). The van der Waals surface area contributed by atoms with E-state index in [4.69, 9.17) is 5.73 Å². The Balaban J connectivity index is 1.62. The number of primary amides is 1. The molecule has 1 saturated heterocycles. The average molecular weight is 391 g/mol. The third kappa shape index (κ3) is 2.65. The number of anilines is 1. The fraction of sp³-hybridized carbons (Fsp3) is 0.300. The van der Waals surface area contributed by atoms with Crippen LogP contribution in [0.1, 0.15) is 24.0 Å². The van der Waals surface area contributed by atoms with Crippen molar-refractivity contribution in [1.82, 2.24) is 25.1 Å². The summed E-state index contributed by atoms with van der Waals surface area (Å²) >= 11 is 0. The Kier molecular flexibility index (Phi) is 3.80. The second-order valence-corrected chi connectivity index (χ2v) is 7.57. The molecular formula is C20H18FN7O. The molecule has 9 heteroatoms. The second-order valence-electron chi connectivity index (χ2n) is 7.57. The van der Waals surface area contributed by atoms with Crippen LogP contribution in [-0.4, -0.2) is 37.1 Å². The molecule has 1 aliphatic carbocycles. The summed E-state index contributed by atoms with van der Waals surface area (Å²) in [6.07, 6.45) is 6.80. The van der Waals surface area contributed by atoms with Crippen molar-refractivity contribution < 1.29 is 9.18 Å². The molecule has 146 valence electrons. The van der Waals surface area contributed by atoms with Gasteiger partial charge in [-0.05, 0) is 42.9 Å². The lowest BCUT2D eigenvalue weighted by Crippen LogP contribution is -2.47. The van der Waals surface area contributed by atoms with E-state index in [0.29, 0.717) is 18.1 Å². The van der Waals surface area contributed by atoms with Crippen LogP contribution in [0.25, 0.3) is 11.4 Å². The Labute approximate surface area is 166 Å². The van der Waals surface area contributed by atoms with Gasteiger partial charge in [0.2, 0.25) is 5.91 Å². The standard InChI is InChI=1S/C20H18FN7O/c1-11-2-3-12(4-15(11)19-24-7-14(21)8-25-19)20-6-13(20)5-16(18(22)29)28(20)17-9-23-10-26-27-17/h2-4,7-10,13,16H,5-6H2,1H3,(H2,22,29). The molecule has 2 N–H and O–H groups in total. The lowest BCUT2D eigenvalue weighted by molar-refractivity contribution is -0.119. The highest BCUT2D eigenvalue weighted by atomic mass is 19.1. The Bertz CT molecular complexity index is 1090. The van der Waals surface area contributed by atoms with E-state index in [1.807, 2.05) is 30.0 Å². The molecule has 0 radical (unpaired) electrons. The number of carbonyl (C=O) groups excluding carboxylic acids is 1. The molecule has 1 aromatic carbocycles. The van der Waals surface area contributed by atoms with Gasteiger partial charge in [0.1, 0.15) is 12.4 Å². The molecule has 1 amide bonds. The van der Waals surface area contributed by atoms with Crippen molar-refractivity contribution >= 4 is 11.7 Å². The number of hydrogen-bond acceptors (Lipinski definition) is 7. The predicted octanol–water partition coefficient (Wildman–Crippen LogP) is 1.76. The fourth-order valence-corrected chi connectivity index (χ4v) is 4.58. The summed E-state index contributed by atoms with van der Waals surface area (Å²) in [7, 11) is 0. The number of nitrogens with zero attached hydrogens (tertiary/aromatic N) is 6. The highest BCUT2D eigenvalue weighted by Gasteiger charge is 2.67. The van der Waals surface area contributed by atoms with E-state index >= 15 is 0 Å². The maximum absolute atomic E-state index is 13.3. The van der Waals surface area contributed by atoms with Gasteiger partial charge in [0, 0.05) is 5.56 Å². The minimum atomic E-state index is -0.482. The molecule has 8 nitrogen and oxygen atoms in total. The van der Waals surface area contributed by atoms with Crippen LogP contribution in [0.4, 0.5) is 10.2 Å². The topological polar surface area (TPSA) is 111 Å². The van der Waals surface area contributed by atoms with Gasteiger partial charge >= 0.3 is 0 Å². The Morgan fingerprint density at radius 3 is 2.76 bits per heavy atom. The summed E-state index contributed by atoms with van der Waals surface area (Å²) < 4.78 is 13.3. The van der Waals surface area contributed by atoms with E-state index in [-0.39, 0.29) is 5.92 Å². The summed E-state index contributed by atoms with van der Waals surface area (Å²) in [5.74, 6) is 0.376. The third-order valence-corrected chi connectivity index (χ3v) is 5.96. The molecule has 0 spiro atoms. The molecule has 2 aromatic heterocycles. The van der Waals surface area contributed by atoms with Gasteiger partial charge in [-0.1, -0.05) is 12.1 Å². The van der Waals surface area contributed by atoms with Gasteiger partial charge in [-0.2, -0.15) is 0 Å². The smallest absolute Gasteiger partial charge is 0.240 e. The van der Waals surface area contributed by atoms with Gasteiger partial charge in [0.15, 0.2) is 17.5 Å². The lowest BCUT2D eigenvalue weighted by Gasteiger charge is -2.33. The second kappa shape index (κ2) is 6.26. The van der Waals surface area contributed by atoms with Crippen molar-refractivity contribution in [3.63, 3.8) is 0 Å². The Hall–Kier alpha value is -3.49. The maximum Gasteiger partial charge on any atom is 0.240 e. The SMILES string of the molecule is Cc1ccc(C23CC2CC(C(N)=O)N3c2cncnn2)cc1-c1ncc(F)cn1. The number of fused-ring (bicyclic) bond motifs is 1. The number of hydrogen-bond donors (Lipinski definition) is 1. The number of rotatable bonds is 4. The molecule has 3 aromatic rings. The van der Waals surface area contributed by atoms with Crippen molar-refractivity contribution in [1.29, 1.82) is 0 Å². The van der Waals surface area contributed by atoms with Crippen LogP contribution < -0.4 is 10.6 Å². The van der Waals surface area contributed by atoms with Gasteiger partial charge in [-0.15, -0.1) is 10.2 Å². The van der Waals surface area contributed by atoms with Crippen LogP contribution in [0.5, 0.6) is 0 Å². The van der Waals surface area contributed by atoms with Crippen molar-refractivity contribution in [2.45, 2.75) is 31.3 Å². The van der Waals surface area contributed by atoms with Gasteiger partial charge in [-0.25, -0.2) is 19.3 Å². The van der Waals surface area contributed by atoms with E-state index in [9.17, 15) is 9.18 Å². The monoisotopic (exact) mass is 391 g/mol. The minimum Gasteiger partial charge on any atom is -0.368 e. The minimum absolute atomic E-state index is 0.270. The predicted molar refractivity (Wildman–Crippen MR) is 102 cm³/mol. The van der Waals surface area contributed by atoms with Crippen molar-refractivity contribution in [2.24, 2.45) is 11.7 Å². The summed E-state index contributed by atoms with van der Waals surface area (Å²) in [6.45, 7) is 1.96. The quantitative estimate of drug-likeness (QED) is 0.721. The summed E-state index contributed by atoms with van der Waals surface area (Å²) in [5.41, 5.74) is 8.12. The van der Waals surface area contributed by atoms with Crippen LogP contribution in [0.3, 0.4) is 0 Å². The van der Waals surface area contributed by atoms with E-state index in [1.165, 1.54) is 6.33 Å². The highest BCUT2D eigenvalue weighted by Crippen LogP contribution is 2.65.